The Morgan fingerprint density at radius 2 is 1.06 bits per heavy atom. The molecule has 0 spiro atoms. The summed E-state index contributed by atoms with van der Waals surface area (Å²) in [5, 5.41) is 10.7. The first kappa shape index (κ1) is 31.8. The monoisotopic (exact) mass is 516 g/mol. The molecule has 1 aliphatic heterocycles. The molecule has 0 saturated carbocycles. The average Bonchev–Trinajstić information content (AvgIpc) is 2.97. The molecule has 0 amide bonds. The number of carbonyl (C=O) groups is 4. The molecule has 0 aromatic rings. The van der Waals surface area contributed by atoms with Gasteiger partial charge in [-0.25, -0.2) is 0 Å². The fourth-order valence-corrected chi connectivity index (χ4v) is 2.71. The Morgan fingerprint density at radius 1 is 0.667 bits per heavy atom. The van der Waals surface area contributed by atoms with Crippen LogP contribution in [0.2, 0.25) is 0 Å². The first-order chi connectivity index (χ1) is 16.0. The molecule has 208 valence electrons. The zero-order chi connectivity index (χ0) is 28.4. The van der Waals surface area contributed by atoms with E-state index < -0.39 is 82.8 Å². The first-order valence-electron chi connectivity index (χ1n) is 12.1. The number of esters is 4. The molecule has 1 aliphatic rings. The standard InChI is InChI=1S/C26H44O10/c1-23(2,3)19(28)32-13-14(33-20(29)24(4,5)6)15-16(35-21(30)25(7,8)9)17(18(27)34-15)36-22(31)26(10,11)12/h14-18,27H,13H2,1-12H3/t14-,15-,16+,17+,18-/m1/s1. The molecule has 0 aromatic heterocycles. The van der Waals surface area contributed by atoms with Crippen LogP contribution < -0.4 is 0 Å². The predicted octanol–water partition coefficient (Wildman–Crippen LogP) is 3.17. The van der Waals surface area contributed by atoms with Crippen LogP contribution in [0.4, 0.5) is 0 Å². The van der Waals surface area contributed by atoms with Crippen molar-refractivity contribution in [1.82, 2.24) is 0 Å². The maximum absolute atomic E-state index is 12.8. The van der Waals surface area contributed by atoms with Gasteiger partial charge in [-0.1, -0.05) is 0 Å². The fraction of sp³-hybridized carbons (Fsp3) is 0.846. The number of ether oxygens (including phenoxy) is 5. The SMILES string of the molecule is CC(C)(C)C(=O)OC[C@@H](OC(=O)C(C)(C)C)[C@H]1O[C@@H](O)[C@@H](OC(=O)C(C)(C)C)[C@H]1OC(=O)C(C)(C)C. The van der Waals surface area contributed by atoms with E-state index in [2.05, 4.69) is 0 Å². The minimum Gasteiger partial charge on any atom is -0.461 e. The highest BCUT2D eigenvalue weighted by molar-refractivity contribution is 5.77. The van der Waals surface area contributed by atoms with Crippen molar-refractivity contribution >= 4 is 23.9 Å². The highest BCUT2D eigenvalue weighted by atomic mass is 16.7. The van der Waals surface area contributed by atoms with Crippen LogP contribution in [0.1, 0.15) is 83.1 Å². The van der Waals surface area contributed by atoms with Crippen LogP contribution in [-0.2, 0) is 42.9 Å². The maximum atomic E-state index is 12.8. The quantitative estimate of drug-likeness (QED) is 0.414. The van der Waals surface area contributed by atoms with Crippen molar-refractivity contribution in [3.8, 4) is 0 Å². The molecule has 10 heteroatoms. The summed E-state index contributed by atoms with van der Waals surface area (Å²) in [6, 6.07) is 0. The van der Waals surface area contributed by atoms with Gasteiger partial charge in [-0.15, -0.1) is 0 Å². The lowest BCUT2D eigenvalue weighted by Crippen LogP contribution is -2.49. The molecule has 1 fully saturated rings. The van der Waals surface area contributed by atoms with E-state index >= 15 is 0 Å². The van der Waals surface area contributed by atoms with Gasteiger partial charge in [0.15, 0.2) is 24.6 Å². The molecule has 0 unspecified atom stereocenters. The second-order valence-corrected chi connectivity index (χ2v) is 13.3. The average molecular weight is 517 g/mol. The van der Waals surface area contributed by atoms with Gasteiger partial charge in [-0.2, -0.15) is 0 Å². The van der Waals surface area contributed by atoms with Crippen molar-refractivity contribution in [1.29, 1.82) is 0 Å². The molecule has 1 saturated heterocycles. The Kier molecular flexibility index (Phi) is 9.77. The van der Waals surface area contributed by atoms with Gasteiger partial charge in [-0.3, -0.25) is 19.2 Å². The molecule has 0 radical (unpaired) electrons. The predicted molar refractivity (Wildman–Crippen MR) is 129 cm³/mol. The highest BCUT2D eigenvalue weighted by Crippen LogP contribution is 2.34. The van der Waals surface area contributed by atoms with Crippen LogP contribution in [0.3, 0.4) is 0 Å². The third kappa shape index (κ3) is 8.73. The van der Waals surface area contributed by atoms with E-state index in [0.717, 1.165) is 0 Å². The zero-order valence-electron chi connectivity index (χ0n) is 23.7. The summed E-state index contributed by atoms with van der Waals surface area (Å²) in [5.74, 6) is -2.50. The Morgan fingerprint density at radius 3 is 1.44 bits per heavy atom. The second kappa shape index (κ2) is 11.0. The van der Waals surface area contributed by atoms with Crippen LogP contribution in [0, 0.1) is 21.7 Å². The van der Waals surface area contributed by atoms with Crippen LogP contribution in [0.25, 0.3) is 0 Å². The largest absolute Gasteiger partial charge is 0.461 e. The molecule has 36 heavy (non-hydrogen) atoms. The minimum absolute atomic E-state index is 0.432. The van der Waals surface area contributed by atoms with Gasteiger partial charge in [-0.05, 0) is 83.1 Å². The smallest absolute Gasteiger partial charge is 0.311 e. The van der Waals surface area contributed by atoms with Gasteiger partial charge in [0.25, 0.3) is 0 Å². The summed E-state index contributed by atoms with van der Waals surface area (Å²) in [5.41, 5.74) is -3.61. The van der Waals surface area contributed by atoms with Crippen molar-refractivity contribution in [2.45, 2.75) is 114 Å². The lowest BCUT2D eigenvalue weighted by Gasteiger charge is -2.32. The van der Waals surface area contributed by atoms with Gasteiger partial charge in [0.1, 0.15) is 12.7 Å². The molecule has 1 rings (SSSR count). The summed E-state index contributed by atoms with van der Waals surface area (Å²) in [7, 11) is 0. The van der Waals surface area contributed by atoms with Gasteiger partial charge in [0.2, 0.25) is 0 Å². The van der Waals surface area contributed by atoms with Crippen molar-refractivity contribution in [3.63, 3.8) is 0 Å². The summed E-state index contributed by atoms with van der Waals surface area (Å²) >= 11 is 0. The Hall–Kier alpha value is -2.20. The number of aliphatic hydroxyl groups is 1. The van der Waals surface area contributed by atoms with Crippen LogP contribution >= 0.6 is 0 Å². The number of hydrogen-bond donors (Lipinski definition) is 1. The van der Waals surface area contributed by atoms with Gasteiger partial charge < -0.3 is 28.8 Å². The molecule has 1 N–H and O–H groups in total. The van der Waals surface area contributed by atoms with E-state index in [-0.39, 0.29) is 0 Å². The fourth-order valence-electron chi connectivity index (χ4n) is 2.71. The summed E-state index contributed by atoms with van der Waals surface area (Å²) < 4.78 is 27.9. The Labute approximate surface area is 214 Å². The summed E-state index contributed by atoms with van der Waals surface area (Å²) in [6.07, 6.45) is -6.99. The van der Waals surface area contributed by atoms with E-state index in [1.165, 1.54) is 0 Å². The molecule has 0 bridgehead atoms. The van der Waals surface area contributed by atoms with Crippen LogP contribution in [0.15, 0.2) is 0 Å². The van der Waals surface area contributed by atoms with Crippen molar-refractivity contribution < 1.29 is 48.0 Å². The van der Waals surface area contributed by atoms with Gasteiger partial charge in [0, 0.05) is 0 Å². The number of hydrogen-bond acceptors (Lipinski definition) is 10. The molecule has 5 atom stereocenters. The first-order valence-corrected chi connectivity index (χ1v) is 12.1. The molecular weight excluding hydrogens is 472 g/mol. The van der Waals surface area contributed by atoms with E-state index in [1.54, 1.807) is 83.1 Å². The maximum Gasteiger partial charge on any atom is 0.311 e. The van der Waals surface area contributed by atoms with Crippen molar-refractivity contribution in [2.75, 3.05) is 6.61 Å². The lowest BCUT2D eigenvalue weighted by molar-refractivity contribution is -0.194. The van der Waals surface area contributed by atoms with Crippen LogP contribution in [0.5, 0.6) is 0 Å². The normalized spacial score (nSPS) is 24.0. The molecule has 0 aliphatic carbocycles. The van der Waals surface area contributed by atoms with Gasteiger partial charge in [0.05, 0.1) is 21.7 Å². The Bertz CT molecular complexity index is 820. The minimum atomic E-state index is -1.69. The molecular formula is C26H44O10. The Balaban J connectivity index is 3.42. The number of carbonyl (C=O) groups excluding carboxylic acids is 4. The molecule has 0 aromatic carbocycles. The van der Waals surface area contributed by atoms with Gasteiger partial charge >= 0.3 is 23.9 Å². The van der Waals surface area contributed by atoms with Crippen molar-refractivity contribution in [2.24, 2.45) is 21.7 Å². The number of aliphatic hydroxyl groups excluding tert-OH is 1. The molecule has 10 nitrogen and oxygen atoms in total. The van der Waals surface area contributed by atoms with E-state index in [9.17, 15) is 24.3 Å². The van der Waals surface area contributed by atoms with E-state index in [4.69, 9.17) is 23.7 Å². The topological polar surface area (TPSA) is 135 Å². The summed E-state index contributed by atoms with van der Waals surface area (Å²) in [4.78, 5) is 50.6. The third-order valence-corrected chi connectivity index (χ3v) is 5.16. The zero-order valence-corrected chi connectivity index (χ0v) is 23.7. The lowest BCUT2D eigenvalue weighted by atomic mass is 9.95. The molecule has 1 heterocycles. The third-order valence-electron chi connectivity index (χ3n) is 5.16. The van der Waals surface area contributed by atoms with E-state index in [1.807, 2.05) is 0 Å². The second-order valence-electron chi connectivity index (χ2n) is 13.3. The van der Waals surface area contributed by atoms with Crippen LogP contribution in [-0.4, -0.2) is 66.3 Å². The van der Waals surface area contributed by atoms with E-state index in [0.29, 0.717) is 0 Å². The summed E-state index contributed by atoms with van der Waals surface area (Å²) in [6.45, 7) is 19.3. The highest BCUT2D eigenvalue weighted by Gasteiger charge is 2.55. The number of rotatable bonds is 6. The van der Waals surface area contributed by atoms with Crippen molar-refractivity contribution in [3.05, 3.63) is 0 Å².